The van der Waals surface area contributed by atoms with Gasteiger partial charge in [0.25, 0.3) is 0 Å². The zero-order chi connectivity index (χ0) is 15.1. The molecule has 0 atom stereocenters. The van der Waals surface area contributed by atoms with Crippen molar-refractivity contribution in [3.05, 3.63) is 58.4 Å². The van der Waals surface area contributed by atoms with Crippen molar-refractivity contribution in [2.45, 2.75) is 45.4 Å². The van der Waals surface area contributed by atoms with E-state index in [2.05, 4.69) is 13.0 Å². The number of rotatable bonds is 7. The van der Waals surface area contributed by atoms with Gasteiger partial charge in [0.1, 0.15) is 0 Å². The molecular weight excluding hydrogens is 262 g/mol. The number of hydrogen-bond donors (Lipinski definition) is 1. The van der Waals surface area contributed by atoms with Crippen LogP contribution in [0, 0.1) is 0 Å². The van der Waals surface area contributed by atoms with Gasteiger partial charge in [0, 0.05) is 17.9 Å². The highest BCUT2D eigenvalue weighted by atomic mass is 16.5. The van der Waals surface area contributed by atoms with Crippen LogP contribution in [0.15, 0.2) is 47.3 Å². The van der Waals surface area contributed by atoms with Crippen molar-refractivity contribution >= 4 is 10.9 Å². The van der Waals surface area contributed by atoms with Crippen molar-refractivity contribution in [2.24, 2.45) is 0 Å². The summed E-state index contributed by atoms with van der Waals surface area (Å²) in [5.74, 6) is 0. The molecule has 0 saturated heterocycles. The molecule has 2 rings (SSSR count). The predicted octanol–water partition coefficient (Wildman–Crippen LogP) is 4.31. The van der Waals surface area contributed by atoms with Gasteiger partial charge in [-0.1, -0.05) is 50.5 Å². The van der Waals surface area contributed by atoms with Gasteiger partial charge in [-0.15, -0.1) is 0 Å². The third kappa shape index (κ3) is 3.97. The molecule has 0 fully saturated rings. The SMILES string of the molecule is CCCCCC/C=C/Cc1cc(=O)c2ccccc2n1O. The van der Waals surface area contributed by atoms with Crippen LogP contribution in [0.1, 0.15) is 44.7 Å². The zero-order valence-electron chi connectivity index (χ0n) is 12.6. The summed E-state index contributed by atoms with van der Waals surface area (Å²) in [6.45, 7) is 2.20. The van der Waals surface area contributed by atoms with E-state index >= 15 is 0 Å². The van der Waals surface area contributed by atoms with Crippen molar-refractivity contribution < 1.29 is 5.21 Å². The third-order valence-corrected chi connectivity index (χ3v) is 3.69. The lowest BCUT2D eigenvalue weighted by Crippen LogP contribution is -2.11. The molecular formula is C18H23NO2. The quantitative estimate of drug-likeness (QED) is 0.468. The largest absolute Gasteiger partial charge is 0.428 e. The number of allylic oxidation sites excluding steroid dienone is 2. The van der Waals surface area contributed by atoms with Gasteiger partial charge in [-0.05, 0) is 25.0 Å². The van der Waals surface area contributed by atoms with E-state index < -0.39 is 0 Å². The first kappa shape index (κ1) is 15.4. The van der Waals surface area contributed by atoms with Crippen LogP contribution in [-0.4, -0.2) is 9.94 Å². The van der Waals surface area contributed by atoms with Crippen LogP contribution in [-0.2, 0) is 6.42 Å². The Kier molecular flexibility index (Phi) is 5.61. The Bertz CT molecular complexity index is 670. The Morgan fingerprint density at radius 1 is 1.14 bits per heavy atom. The van der Waals surface area contributed by atoms with Crippen LogP contribution in [0.25, 0.3) is 10.9 Å². The van der Waals surface area contributed by atoms with Crippen molar-refractivity contribution in [3.8, 4) is 0 Å². The predicted molar refractivity (Wildman–Crippen MR) is 87.0 cm³/mol. The van der Waals surface area contributed by atoms with Crippen LogP contribution in [0.3, 0.4) is 0 Å². The number of unbranched alkanes of at least 4 members (excludes halogenated alkanes) is 4. The summed E-state index contributed by atoms with van der Waals surface area (Å²) in [6, 6.07) is 8.64. The number of para-hydroxylation sites is 1. The van der Waals surface area contributed by atoms with E-state index in [9.17, 15) is 10.0 Å². The number of pyridine rings is 1. The molecule has 1 N–H and O–H groups in total. The molecule has 0 aliphatic carbocycles. The Morgan fingerprint density at radius 3 is 2.76 bits per heavy atom. The fourth-order valence-electron chi connectivity index (χ4n) is 2.47. The van der Waals surface area contributed by atoms with Gasteiger partial charge in [0.15, 0.2) is 5.43 Å². The lowest BCUT2D eigenvalue weighted by Gasteiger charge is -2.08. The van der Waals surface area contributed by atoms with E-state index in [1.807, 2.05) is 12.1 Å². The average molecular weight is 285 g/mol. The molecule has 1 aromatic carbocycles. The number of fused-ring (bicyclic) bond motifs is 1. The molecule has 0 spiro atoms. The van der Waals surface area contributed by atoms with Gasteiger partial charge in [0.05, 0.1) is 11.2 Å². The molecule has 112 valence electrons. The molecule has 0 unspecified atom stereocenters. The molecule has 0 aliphatic heterocycles. The number of benzene rings is 1. The van der Waals surface area contributed by atoms with Gasteiger partial charge >= 0.3 is 0 Å². The summed E-state index contributed by atoms with van der Waals surface area (Å²) >= 11 is 0. The highest BCUT2D eigenvalue weighted by Crippen LogP contribution is 2.12. The van der Waals surface area contributed by atoms with Crippen LogP contribution in [0.2, 0.25) is 0 Å². The van der Waals surface area contributed by atoms with Crippen LogP contribution in [0.4, 0.5) is 0 Å². The fourth-order valence-corrected chi connectivity index (χ4v) is 2.47. The van der Waals surface area contributed by atoms with E-state index in [1.165, 1.54) is 31.7 Å². The highest BCUT2D eigenvalue weighted by molar-refractivity contribution is 5.78. The molecule has 1 heterocycles. The first-order chi connectivity index (χ1) is 10.2. The molecule has 21 heavy (non-hydrogen) atoms. The first-order valence-corrected chi connectivity index (χ1v) is 7.72. The van der Waals surface area contributed by atoms with E-state index in [0.29, 0.717) is 23.0 Å². The summed E-state index contributed by atoms with van der Waals surface area (Å²) in [7, 11) is 0. The third-order valence-electron chi connectivity index (χ3n) is 3.69. The number of hydrogen-bond acceptors (Lipinski definition) is 2. The second-order valence-corrected chi connectivity index (χ2v) is 5.35. The Labute approximate surface area is 125 Å². The topological polar surface area (TPSA) is 42.2 Å². The number of aromatic nitrogens is 1. The average Bonchev–Trinajstić information content (AvgIpc) is 2.51. The Morgan fingerprint density at radius 2 is 1.95 bits per heavy atom. The molecule has 0 aliphatic rings. The van der Waals surface area contributed by atoms with E-state index in [4.69, 9.17) is 0 Å². The molecule has 0 amide bonds. The van der Waals surface area contributed by atoms with Crippen molar-refractivity contribution in [2.75, 3.05) is 0 Å². The fraction of sp³-hybridized carbons (Fsp3) is 0.389. The molecule has 0 saturated carbocycles. The van der Waals surface area contributed by atoms with Crippen LogP contribution >= 0.6 is 0 Å². The molecule has 1 aromatic heterocycles. The molecule has 3 heteroatoms. The van der Waals surface area contributed by atoms with Gasteiger partial charge in [0.2, 0.25) is 0 Å². The van der Waals surface area contributed by atoms with E-state index in [-0.39, 0.29) is 5.43 Å². The molecule has 2 aromatic rings. The van der Waals surface area contributed by atoms with Gasteiger partial charge < -0.3 is 5.21 Å². The van der Waals surface area contributed by atoms with E-state index in [1.54, 1.807) is 18.2 Å². The summed E-state index contributed by atoms with van der Waals surface area (Å²) in [6.07, 6.45) is 10.8. The number of nitrogens with zero attached hydrogens (tertiary/aromatic N) is 1. The van der Waals surface area contributed by atoms with Gasteiger partial charge in [-0.2, -0.15) is 4.73 Å². The maximum absolute atomic E-state index is 12.0. The maximum Gasteiger partial charge on any atom is 0.189 e. The minimum Gasteiger partial charge on any atom is -0.428 e. The van der Waals surface area contributed by atoms with Crippen LogP contribution in [0.5, 0.6) is 0 Å². The summed E-state index contributed by atoms with van der Waals surface area (Å²) < 4.78 is 1.12. The highest BCUT2D eigenvalue weighted by Gasteiger charge is 2.06. The zero-order valence-corrected chi connectivity index (χ0v) is 12.6. The van der Waals surface area contributed by atoms with Crippen molar-refractivity contribution in [1.29, 1.82) is 0 Å². The minimum atomic E-state index is -0.0396. The second-order valence-electron chi connectivity index (χ2n) is 5.35. The lowest BCUT2D eigenvalue weighted by atomic mass is 10.1. The normalized spacial score (nSPS) is 11.5. The molecule has 0 radical (unpaired) electrons. The summed E-state index contributed by atoms with van der Waals surface area (Å²) in [5, 5.41) is 10.7. The first-order valence-electron chi connectivity index (χ1n) is 7.72. The monoisotopic (exact) mass is 285 g/mol. The van der Waals surface area contributed by atoms with Crippen molar-refractivity contribution in [3.63, 3.8) is 0 Å². The van der Waals surface area contributed by atoms with Crippen molar-refractivity contribution in [1.82, 2.24) is 4.73 Å². The van der Waals surface area contributed by atoms with Crippen LogP contribution < -0.4 is 5.43 Å². The van der Waals surface area contributed by atoms with E-state index in [0.717, 1.165) is 11.2 Å². The Balaban J connectivity index is 2.04. The maximum atomic E-state index is 12.0. The molecule has 0 bridgehead atoms. The smallest absolute Gasteiger partial charge is 0.189 e. The van der Waals surface area contributed by atoms with Gasteiger partial charge in [-0.3, -0.25) is 4.79 Å². The standard InChI is InChI=1S/C18H23NO2/c1-2-3-4-5-6-7-8-11-15-14-18(20)16-12-9-10-13-17(16)19(15)21/h7-10,12-14,21H,2-6,11H2,1H3/b8-7+. The summed E-state index contributed by atoms with van der Waals surface area (Å²) in [4.78, 5) is 12.0. The van der Waals surface area contributed by atoms with Gasteiger partial charge in [-0.25, -0.2) is 0 Å². The lowest BCUT2D eigenvalue weighted by molar-refractivity contribution is 0.189. The minimum absolute atomic E-state index is 0.0396. The summed E-state index contributed by atoms with van der Waals surface area (Å²) in [5.41, 5.74) is 1.15. The Hall–Kier alpha value is -2.03. The second kappa shape index (κ2) is 7.67. The molecule has 3 nitrogen and oxygen atoms in total.